The summed E-state index contributed by atoms with van der Waals surface area (Å²) in [5.41, 5.74) is 0.372. The largest absolute Gasteiger partial charge is 0.444 e. The Bertz CT molecular complexity index is 531. The quantitative estimate of drug-likeness (QED) is 0.807. The van der Waals surface area contributed by atoms with Crippen molar-refractivity contribution >= 4 is 6.09 Å². The number of hydrogen-bond acceptors (Lipinski definition) is 4. The molecule has 1 amide bonds. The number of amides is 1. The van der Waals surface area contributed by atoms with Gasteiger partial charge in [-0.1, -0.05) is 0 Å². The molecule has 1 heterocycles. The highest BCUT2D eigenvalue weighted by Crippen LogP contribution is 2.47. The lowest BCUT2D eigenvalue weighted by Crippen LogP contribution is -2.43. The van der Waals surface area contributed by atoms with E-state index in [1.807, 2.05) is 40.2 Å². The van der Waals surface area contributed by atoms with Crippen LogP contribution in [0.5, 0.6) is 0 Å². The molecule has 0 aliphatic heterocycles. The Morgan fingerprint density at radius 1 is 1.48 bits per heavy atom. The fourth-order valence-electron chi connectivity index (χ4n) is 2.95. The topological polar surface area (TPSA) is 76.4 Å². The molecular formula is C17H29N3O3. The summed E-state index contributed by atoms with van der Waals surface area (Å²) in [5.74, 6) is 0.471. The smallest absolute Gasteiger partial charge is 0.407 e. The molecule has 1 atom stereocenters. The summed E-state index contributed by atoms with van der Waals surface area (Å²) >= 11 is 0. The van der Waals surface area contributed by atoms with Gasteiger partial charge in [-0.25, -0.2) is 4.79 Å². The molecule has 6 nitrogen and oxygen atoms in total. The summed E-state index contributed by atoms with van der Waals surface area (Å²) in [6.45, 7) is 6.05. The second kappa shape index (κ2) is 6.91. The Balaban J connectivity index is 1.94. The second-order valence-electron chi connectivity index (χ2n) is 7.67. The zero-order chi connectivity index (χ0) is 17.1. The van der Waals surface area contributed by atoms with Crippen LogP contribution < -0.4 is 5.32 Å². The van der Waals surface area contributed by atoms with Gasteiger partial charge in [0.15, 0.2) is 0 Å². The van der Waals surface area contributed by atoms with Gasteiger partial charge in [0, 0.05) is 25.2 Å². The molecule has 1 aliphatic carbocycles. The maximum Gasteiger partial charge on any atom is 0.407 e. The molecule has 130 valence electrons. The van der Waals surface area contributed by atoms with Crippen molar-refractivity contribution in [1.82, 2.24) is 15.1 Å². The maximum atomic E-state index is 11.9. The summed E-state index contributed by atoms with van der Waals surface area (Å²) in [4.78, 5) is 11.9. The Morgan fingerprint density at radius 2 is 2.17 bits per heavy atom. The van der Waals surface area contributed by atoms with Crippen LogP contribution in [0.15, 0.2) is 12.4 Å². The standard InChI is InChI=1S/C17H29N3O3/c1-16(2,3)23-15(22)18-11-17(12-21,14-5-6-14)8-7-13-9-19-20(4)10-13/h9-10,14,21H,5-8,11-12H2,1-4H3,(H,18,22). The van der Waals surface area contributed by atoms with Crippen LogP contribution in [0.2, 0.25) is 0 Å². The zero-order valence-electron chi connectivity index (χ0n) is 14.6. The van der Waals surface area contributed by atoms with Crippen LogP contribution in [0, 0.1) is 11.3 Å². The van der Waals surface area contributed by atoms with Gasteiger partial charge in [0.2, 0.25) is 0 Å². The van der Waals surface area contributed by atoms with Crippen molar-refractivity contribution < 1.29 is 14.6 Å². The average Bonchev–Trinajstić information content (AvgIpc) is 3.21. The van der Waals surface area contributed by atoms with Crippen LogP contribution in [-0.4, -0.2) is 39.7 Å². The number of aliphatic hydroxyl groups excluding tert-OH is 1. The van der Waals surface area contributed by atoms with Crippen molar-refractivity contribution in [3.05, 3.63) is 18.0 Å². The van der Waals surface area contributed by atoms with Gasteiger partial charge in [0.25, 0.3) is 0 Å². The minimum atomic E-state index is -0.513. The summed E-state index contributed by atoms with van der Waals surface area (Å²) < 4.78 is 7.08. The molecule has 0 radical (unpaired) electrons. The van der Waals surface area contributed by atoms with Crippen molar-refractivity contribution in [2.75, 3.05) is 13.2 Å². The van der Waals surface area contributed by atoms with Crippen LogP contribution in [0.1, 0.15) is 45.6 Å². The molecule has 1 unspecified atom stereocenters. The van der Waals surface area contributed by atoms with E-state index in [-0.39, 0.29) is 12.0 Å². The van der Waals surface area contributed by atoms with Crippen molar-refractivity contribution in [3.63, 3.8) is 0 Å². The predicted octanol–water partition coefficient (Wildman–Crippen LogP) is 2.27. The third-order valence-corrected chi connectivity index (χ3v) is 4.41. The first kappa shape index (κ1) is 17.8. The van der Waals surface area contributed by atoms with Gasteiger partial charge in [0.05, 0.1) is 12.8 Å². The van der Waals surface area contributed by atoms with Crippen molar-refractivity contribution in [2.24, 2.45) is 18.4 Å². The highest BCUT2D eigenvalue weighted by molar-refractivity contribution is 5.67. The molecule has 1 aromatic rings. The minimum absolute atomic E-state index is 0.0771. The van der Waals surface area contributed by atoms with E-state index in [4.69, 9.17) is 4.74 Å². The van der Waals surface area contributed by atoms with E-state index in [0.717, 1.165) is 31.2 Å². The molecular weight excluding hydrogens is 294 g/mol. The first-order valence-electron chi connectivity index (χ1n) is 8.29. The predicted molar refractivity (Wildman–Crippen MR) is 88.0 cm³/mol. The number of aryl methyl sites for hydroxylation is 2. The summed E-state index contributed by atoms with van der Waals surface area (Å²) in [6, 6.07) is 0. The van der Waals surface area contributed by atoms with Gasteiger partial charge in [-0.15, -0.1) is 0 Å². The van der Waals surface area contributed by atoms with Crippen LogP contribution in [0.3, 0.4) is 0 Å². The molecule has 1 fully saturated rings. The van der Waals surface area contributed by atoms with Gasteiger partial charge in [-0.2, -0.15) is 5.10 Å². The Kier molecular flexibility index (Phi) is 5.34. The van der Waals surface area contributed by atoms with Gasteiger partial charge < -0.3 is 15.2 Å². The van der Waals surface area contributed by atoms with E-state index in [9.17, 15) is 9.90 Å². The molecule has 1 aliphatic rings. The first-order chi connectivity index (χ1) is 10.7. The Morgan fingerprint density at radius 3 is 2.65 bits per heavy atom. The van der Waals surface area contributed by atoms with Crippen LogP contribution in [0.4, 0.5) is 4.79 Å². The molecule has 1 aromatic heterocycles. The number of carbonyl (C=O) groups excluding carboxylic acids is 1. The fourth-order valence-corrected chi connectivity index (χ4v) is 2.95. The highest BCUT2D eigenvalue weighted by atomic mass is 16.6. The lowest BCUT2D eigenvalue weighted by atomic mass is 9.78. The van der Waals surface area contributed by atoms with Gasteiger partial charge >= 0.3 is 6.09 Å². The number of ether oxygens (including phenoxy) is 1. The Labute approximate surface area is 138 Å². The van der Waals surface area contributed by atoms with E-state index < -0.39 is 11.7 Å². The van der Waals surface area contributed by atoms with Gasteiger partial charge in [-0.05, 0) is 57.9 Å². The number of aliphatic hydroxyl groups is 1. The number of rotatable bonds is 7. The fraction of sp³-hybridized carbons (Fsp3) is 0.765. The highest BCUT2D eigenvalue weighted by Gasteiger charge is 2.44. The molecule has 1 saturated carbocycles. The van der Waals surface area contributed by atoms with E-state index in [1.54, 1.807) is 4.68 Å². The molecule has 0 bridgehead atoms. The molecule has 0 saturated heterocycles. The molecule has 0 aromatic carbocycles. The molecule has 2 rings (SSSR count). The van der Waals surface area contributed by atoms with E-state index >= 15 is 0 Å². The monoisotopic (exact) mass is 323 g/mol. The van der Waals surface area contributed by atoms with E-state index in [2.05, 4.69) is 10.4 Å². The molecule has 0 spiro atoms. The van der Waals surface area contributed by atoms with Crippen molar-refractivity contribution in [3.8, 4) is 0 Å². The van der Waals surface area contributed by atoms with Crippen LogP contribution in [0.25, 0.3) is 0 Å². The SMILES string of the molecule is Cn1cc(CCC(CO)(CNC(=O)OC(C)(C)C)C2CC2)cn1. The summed E-state index contributed by atoms with van der Waals surface area (Å²) in [5, 5.41) is 17.0. The number of alkyl carbamates (subject to hydrolysis) is 1. The van der Waals surface area contributed by atoms with Gasteiger partial charge in [-0.3, -0.25) is 4.68 Å². The second-order valence-corrected chi connectivity index (χ2v) is 7.67. The van der Waals surface area contributed by atoms with E-state index in [0.29, 0.717) is 12.5 Å². The number of nitrogens with zero attached hydrogens (tertiary/aromatic N) is 2. The number of hydrogen-bond donors (Lipinski definition) is 2. The number of aromatic nitrogens is 2. The van der Waals surface area contributed by atoms with E-state index in [1.165, 1.54) is 0 Å². The summed E-state index contributed by atoms with van der Waals surface area (Å²) in [7, 11) is 1.90. The van der Waals surface area contributed by atoms with Crippen LogP contribution in [-0.2, 0) is 18.2 Å². The summed E-state index contributed by atoms with van der Waals surface area (Å²) in [6.07, 6.45) is 7.34. The lowest BCUT2D eigenvalue weighted by Gasteiger charge is -2.33. The zero-order valence-corrected chi connectivity index (χ0v) is 14.6. The molecule has 2 N–H and O–H groups in total. The molecule has 23 heavy (non-hydrogen) atoms. The normalized spacial score (nSPS) is 17.6. The average molecular weight is 323 g/mol. The third-order valence-electron chi connectivity index (χ3n) is 4.41. The third kappa shape index (κ3) is 5.23. The first-order valence-corrected chi connectivity index (χ1v) is 8.29. The molecule has 6 heteroatoms. The Hall–Kier alpha value is -1.56. The van der Waals surface area contributed by atoms with Crippen LogP contribution >= 0.6 is 0 Å². The minimum Gasteiger partial charge on any atom is -0.444 e. The van der Waals surface area contributed by atoms with Crippen molar-refractivity contribution in [1.29, 1.82) is 0 Å². The number of carbonyl (C=O) groups is 1. The van der Waals surface area contributed by atoms with Gasteiger partial charge in [0.1, 0.15) is 5.60 Å². The maximum absolute atomic E-state index is 11.9. The lowest BCUT2D eigenvalue weighted by molar-refractivity contribution is 0.0426. The number of nitrogens with one attached hydrogen (secondary N) is 1. The van der Waals surface area contributed by atoms with Crippen molar-refractivity contribution in [2.45, 2.75) is 52.1 Å².